The summed E-state index contributed by atoms with van der Waals surface area (Å²) in [6, 6.07) is 0. The second-order valence-electron chi connectivity index (χ2n) is 2.96. The largest absolute Gasteiger partial charge is 0.384 e. The van der Waals surface area contributed by atoms with Crippen LogP contribution in [0.5, 0.6) is 0 Å². The van der Waals surface area contributed by atoms with Crippen molar-refractivity contribution in [2.24, 2.45) is 14.1 Å². The van der Waals surface area contributed by atoms with E-state index in [0.717, 1.165) is 4.57 Å². The molecule has 0 unspecified atom stereocenters. The Labute approximate surface area is 95.9 Å². The van der Waals surface area contributed by atoms with Crippen LogP contribution in [0.2, 0.25) is 0 Å². The average Bonchev–Trinajstić information content (AvgIpc) is 2.23. The van der Waals surface area contributed by atoms with E-state index in [1.165, 1.54) is 30.4 Å². The summed E-state index contributed by atoms with van der Waals surface area (Å²) in [5.41, 5.74) is 5.00. The van der Waals surface area contributed by atoms with Crippen molar-refractivity contribution < 1.29 is 0 Å². The van der Waals surface area contributed by atoms with Gasteiger partial charge in [-0.05, 0) is 6.26 Å². The lowest BCUT2D eigenvalue weighted by Crippen LogP contribution is -2.41. The van der Waals surface area contributed by atoms with Crippen LogP contribution in [0, 0.1) is 0 Å². The summed E-state index contributed by atoms with van der Waals surface area (Å²) in [5.74, 6) is 0.113. The smallest absolute Gasteiger partial charge is 0.332 e. The first-order valence-corrected chi connectivity index (χ1v) is 5.69. The van der Waals surface area contributed by atoms with Crippen LogP contribution >= 0.6 is 24.0 Å². The number of nitrogens with two attached hydrogens (primary N) is 1. The second kappa shape index (κ2) is 4.19. The fraction of sp³-hybridized carbons (Fsp3) is 0.375. The number of thiocarbonyl (C=S) groups is 1. The molecule has 0 aromatic carbocycles. The van der Waals surface area contributed by atoms with Gasteiger partial charge in [0.1, 0.15) is 11.4 Å². The predicted octanol–water partition coefficient (Wildman–Crippen LogP) is -0.295. The lowest BCUT2D eigenvalue weighted by atomic mass is 10.3. The Hall–Kier alpha value is -1.08. The van der Waals surface area contributed by atoms with Gasteiger partial charge in [0.2, 0.25) is 0 Å². The van der Waals surface area contributed by atoms with Crippen molar-refractivity contribution in [3.63, 3.8) is 0 Å². The Kier molecular flexibility index (Phi) is 3.35. The summed E-state index contributed by atoms with van der Waals surface area (Å²) in [6.45, 7) is 0. The van der Waals surface area contributed by atoms with E-state index in [1.54, 1.807) is 6.26 Å². The molecule has 0 aliphatic heterocycles. The molecular weight excluding hydrogens is 234 g/mol. The van der Waals surface area contributed by atoms with E-state index in [9.17, 15) is 9.59 Å². The third-order valence-corrected chi connectivity index (χ3v) is 3.38. The van der Waals surface area contributed by atoms with Crippen LogP contribution < -0.4 is 17.0 Å². The van der Waals surface area contributed by atoms with Gasteiger partial charge in [-0.1, -0.05) is 12.2 Å². The quantitative estimate of drug-likeness (QED) is 0.688. The minimum absolute atomic E-state index is 0.113. The lowest BCUT2D eigenvalue weighted by molar-refractivity contribution is 0.692. The number of hydrogen-bond donors (Lipinski definition) is 1. The SMILES string of the molecule is CSC(=S)c1c(N)n(C)c(=O)n(C)c1=O. The first-order valence-electron chi connectivity index (χ1n) is 4.05. The second-order valence-corrected chi connectivity index (χ2v) is 4.44. The Morgan fingerprint density at radius 2 is 1.87 bits per heavy atom. The number of rotatable bonds is 1. The maximum Gasteiger partial charge on any atom is 0.332 e. The van der Waals surface area contributed by atoms with Crippen LogP contribution in [0.25, 0.3) is 0 Å². The van der Waals surface area contributed by atoms with E-state index in [2.05, 4.69) is 0 Å². The van der Waals surface area contributed by atoms with Gasteiger partial charge < -0.3 is 5.73 Å². The van der Waals surface area contributed by atoms with Crippen molar-refractivity contribution in [1.82, 2.24) is 9.13 Å². The summed E-state index contributed by atoms with van der Waals surface area (Å²) in [4.78, 5) is 23.2. The van der Waals surface area contributed by atoms with Gasteiger partial charge in [0.25, 0.3) is 5.56 Å². The number of nitrogen functional groups attached to an aromatic ring is 1. The predicted molar refractivity (Wildman–Crippen MR) is 66.6 cm³/mol. The summed E-state index contributed by atoms with van der Waals surface area (Å²) < 4.78 is 2.59. The van der Waals surface area contributed by atoms with Gasteiger partial charge in [-0.2, -0.15) is 0 Å². The van der Waals surface area contributed by atoms with Gasteiger partial charge in [-0.3, -0.25) is 13.9 Å². The van der Waals surface area contributed by atoms with Crippen LogP contribution in [-0.2, 0) is 14.1 Å². The minimum atomic E-state index is -0.454. The van der Waals surface area contributed by atoms with Crippen molar-refractivity contribution in [3.8, 4) is 0 Å². The van der Waals surface area contributed by atoms with Crippen LogP contribution in [0.3, 0.4) is 0 Å². The van der Waals surface area contributed by atoms with Crippen LogP contribution in [0.4, 0.5) is 5.82 Å². The first-order chi connectivity index (χ1) is 6.91. The highest BCUT2D eigenvalue weighted by atomic mass is 32.2. The van der Waals surface area contributed by atoms with Crippen molar-refractivity contribution in [1.29, 1.82) is 0 Å². The summed E-state index contributed by atoms with van der Waals surface area (Å²) in [6.07, 6.45) is 1.76. The monoisotopic (exact) mass is 245 g/mol. The summed E-state index contributed by atoms with van der Waals surface area (Å²) in [5, 5.41) is 0. The first kappa shape index (κ1) is 12.0. The molecule has 1 aromatic rings. The van der Waals surface area contributed by atoms with Gasteiger partial charge in [-0.25, -0.2) is 4.79 Å². The number of hydrogen-bond acceptors (Lipinski definition) is 5. The zero-order valence-electron chi connectivity index (χ0n) is 8.60. The normalized spacial score (nSPS) is 10.3. The number of aromatic nitrogens is 2. The molecular formula is C8H11N3O2S2. The Bertz CT molecular complexity index is 530. The molecule has 0 aliphatic carbocycles. The average molecular weight is 245 g/mol. The molecule has 1 rings (SSSR count). The van der Waals surface area contributed by atoms with E-state index in [0.29, 0.717) is 4.20 Å². The number of thioether (sulfide) groups is 1. The molecule has 7 heteroatoms. The van der Waals surface area contributed by atoms with Crippen LogP contribution in [0.15, 0.2) is 9.59 Å². The van der Waals surface area contributed by atoms with E-state index in [4.69, 9.17) is 18.0 Å². The highest BCUT2D eigenvalue weighted by Gasteiger charge is 2.16. The molecule has 82 valence electrons. The number of nitrogens with zero attached hydrogens (tertiary/aromatic N) is 2. The molecule has 0 bridgehead atoms. The molecule has 0 atom stereocenters. The molecule has 0 spiro atoms. The Morgan fingerprint density at radius 3 is 2.33 bits per heavy atom. The maximum atomic E-state index is 11.7. The van der Waals surface area contributed by atoms with Crippen molar-refractivity contribution in [2.45, 2.75) is 0 Å². The molecule has 15 heavy (non-hydrogen) atoms. The van der Waals surface area contributed by atoms with Crippen LogP contribution in [-0.4, -0.2) is 19.6 Å². The Balaban J connectivity index is 3.76. The van der Waals surface area contributed by atoms with Crippen molar-refractivity contribution in [2.75, 3.05) is 12.0 Å². The van der Waals surface area contributed by atoms with E-state index < -0.39 is 11.2 Å². The fourth-order valence-electron chi connectivity index (χ4n) is 1.15. The van der Waals surface area contributed by atoms with Gasteiger partial charge in [-0.15, -0.1) is 11.8 Å². The minimum Gasteiger partial charge on any atom is -0.384 e. The zero-order valence-corrected chi connectivity index (χ0v) is 10.2. The van der Waals surface area contributed by atoms with E-state index in [1.807, 2.05) is 0 Å². The molecule has 1 aromatic heterocycles. The van der Waals surface area contributed by atoms with Crippen molar-refractivity contribution in [3.05, 3.63) is 26.4 Å². The molecule has 0 amide bonds. The molecule has 0 radical (unpaired) electrons. The maximum absolute atomic E-state index is 11.7. The highest BCUT2D eigenvalue weighted by Crippen LogP contribution is 2.12. The molecule has 1 heterocycles. The van der Waals surface area contributed by atoms with Crippen LogP contribution in [0.1, 0.15) is 5.56 Å². The van der Waals surface area contributed by atoms with Gasteiger partial charge >= 0.3 is 5.69 Å². The number of anilines is 1. The molecule has 2 N–H and O–H groups in total. The van der Waals surface area contributed by atoms with E-state index in [-0.39, 0.29) is 11.4 Å². The molecule has 0 saturated heterocycles. The molecule has 0 saturated carbocycles. The van der Waals surface area contributed by atoms with Gasteiger partial charge in [0, 0.05) is 14.1 Å². The van der Waals surface area contributed by atoms with E-state index >= 15 is 0 Å². The molecule has 5 nitrogen and oxygen atoms in total. The highest BCUT2D eigenvalue weighted by molar-refractivity contribution is 8.23. The zero-order chi connectivity index (χ0) is 11.7. The van der Waals surface area contributed by atoms with Gasteiger partial charge in [0.05, 0.1) is 4.20 Å². The lowest BCUT2D eigenvalue weighted by Gasteiger charge is -2.10. The topological polar surface area (TPSA) is 70.0 Å². The molecule has 0 fully saturated rings. The fourth-order valence-corrected chi connectivity index (χ4v) is 1.74. The van der Waals surface area contributed by atoms with Crippen molar-refractivity contribution >= 4 is 34.0 Å². The third kappa shape index (κ3) is 1.84. The standard InChI is InChI=1S/C8H11N3O2S2/c1-10-5(9)4(7(14)15-3)6(12)11(2)8(10)13/h9H2,1-3H3. The summed E-state index contributed by atoms with van der Waals surface area (Å²) >= 11 is 6.27. The van der Waals surface area contributed by atoms with Gasteiger partial charge in [0.15, 0.2) is 0 Å². The third-order valence-electron chi connectivity index (χ3n) is 2.10. The molecule has 0 aliphatic rings. The Morgan fingerprint density at radius 1 is 1.33 bits per heavy atom. The summed E-state index contributed by atoms with van der Waals surface area (Å²) in [7, 11) is 2.90.